The maximum Gasteiger partial charge on any atom is 0.584 e. The van der Waals surface area contributed by atoms with Gasteiger partial charge in [0.25, 0.3) is 0 Å². The first-order valence-corrected chi connectivity index (χ1v) is 28.8. The van der Waals surface area contributed by atoms with Gasteiger partial charge in [-0.3, -0.25) is 4.89 Å². The fourth-order valence-electron chi connectivity index (χ4n) is 17.3. The average Bonchev–Trinajstić information content (AvgIpc) is 3.42. The molecule has 1 heterocycles. The first kappa shape index (κ1) is 44.6. The van der Waals surface area contributed by atoms with E-state index in [1.807, 2.05) is 0 Å². The van der Waals surface area contributed by atoms with Crippen LogP contribution in [-0.2, 0) is 15.4 Å². The number of rotatable bonds is 8. The molecule has 0 saturated heterocycles. The van der Waals surface area contributed by atoms with Gasteiger partial charge in [0.2, 0.25) is 0 Å². The van der Waals surface area contributed by atoms with Gasteiger partial charge in [0.15, 0.2) is 0 Å². The summed E-state index contributed by atoms with van der Waals surface area (Å²) in [6, 6.07) is 32.0. The van der Waals surface area contributed by atoms with Crippen LogP contribution in [0.15, 0.2) is 84.9 Å². The lowest BCUT2D eigenvalue weighted by Crippen LogP contribution is -2.48. The summed E-state index contributed by atoms with van der Waals surface area (Å²) in [7, 11) is -4.80. The summed E-state index contributed by atoms with van der Waals surface area (Å²) >= 11 is 0. The van der Waals surface area contributed by atoms with Gasteiger partial charge in [0.1, 0.15) is 11.5 Å². The highest BCUT2D eigenvalue weighted by Crippen LogP contribution is 2.66. The Hall–Kier alpha value is -4.37. The summed E-state index contributed by atoms with van der Waals surface area (Å²) in [4.78, 5) is 12.4. The molecule has 0 spiro atoms. The fraction of sp³-hybridized carbons (Fsp3) is 0.500. The number of fused-ring (bicyclic) bond motifs is 7. The lowest BCUT2D eigenvalue weighted by Gasteiger charge is -2.57. The van der Waals surface area contributed by atoms with Crippen molar-refractivity contribution in [3.05, 3.63) is 118 Å². The van der Waals surface area contributed by atoms with E-state index in [2.05, 4.69) is 140 Å². The van der Waals surface area contributed by atoms with Crippen molar-refractivity contribution >= 4 is 29.4 Å². The second-order valence-corrected chi connectivity index (χ2v) is 26.7. The van der Waals surface area contributed by atoms with Crippen molar-refractivity contribution in [1.82, 2.24) is 0 Å². The third-order valence-corrected chi connectivity index (χ3v) is 20.2. The number of benzene rings is 6. The molecule has 9 aliphatic rings. The van der Waals surface area contributed by atoms with E-state index < -0.39 is 7.82 Å². The molecule has 0 aromatic heterocycles. The van der Waals surface area contributed by atoms with Crippen molar-refractivity contribution in [2.75, 3.05) is 0 Å². The lowest BCUT2D eigenvalue weighted by atomic mass is 9.48. The molecule has 0 amide bonds. The predicted octanol–water partition coefficient (Wildman–Crippen LogP) is 18.3. The van der Waals surface area contributed by atoms with E-state index in [1.165, 1.54) is 110 Å². The van der Waals surface area contributed by atoms with Crippen LogP contribution in [0.3, 0.4) is 0 Å². The second kappa shape index (κ2) is 15.8. The Balaban J connectivity index is 1.09. The van der Waals surface area contributed by atoms with Crippen LogP contribution in [0.4, 0.5) is 0 Å². The lowest BCUT2D eigenvalue weighted by molar-refractivity contribution is -0.00537. The zero-order valence-corrected chi connectivity index (χ0v) is 43.4. The number of hydrogen-bond acceptors (Lipinski definition) is 3. The smallest absolute Gasteiger partial charge is 0.394 e. The van der Waals surface area contributed by atoms with E-state index in [0.29, 0.717) is 11.5 Å². The van der Waals surface area contributed by atoms with E-state index in [-0.39, 0.29) is 34.5 Å². The third kappa shape index (κ3) is 7.01. The standard InChI is InChI=1S/C64H73O4P/c1-35(2)51-25-47(63-29-39-17-40(30-63)19-41(18-39)31-63)26-52(36(3)4)57(51)55-23-45-13-9-11-15-49(45)59-60-50-16-12-10-14-46(50)24-56(62(60)68-69(65,66)67-61(55)59)58-53(37(5)6)27-48(28-54(58)38(7)8)64-32-42-20-43(33-64)22-44(21-42)34-64/h9-16,23-28,35-44H,17-22,29-34H2,1-8H3,(H,65,66). The van der Waals surface area contributed by atoms with Crippen molar-refractivity contribution in [2.45, 2.75) is 167 Å². The van der Waals surface area contributed by atoms with E-state index in [1.54, 1.807) is 0 Å². The highest BCUT2D eigenvalue weighted by Gasteiger charge is 2.53. The number of phosphoric ester groups is 1. The van der Waals surface area contributed by atoms with Crippen LogP contribution in [0, 0.1) is 35.5 Å². The zero-order chi connectivity index (χ0) is 47.5. The van der Waals surface area contributed by atoms with E-state index in [4.69, 9.17) is 9.05 Å². The van der Waals surface area contributed by atoms with Crippen molar-refractivity contribution in [3.8, 4) is 44.9 Å². The Kier molecular flexibility index (Phi) is 10.2. The molecule has 8 aliphatic carbocycles. The van der Waals surface area contributed by atoms with E-state index in [9.17, 15) is 4.89 Å². The van der Waals surface area contributed by atoms with E-state index in [0.717, 1.165) is 90.4 Å². The minimum absolute atomic E-state index is 0.210. The molecule has 4 nitrogen and oxygen atoms in total. The average molecular weight is 937 g/mol. The molecular weight excluding hydrogens is 864 g/mol. The van der Waals surface area contributed by atoms with Gasteiger partial charge >= 0.3 is 7.82 Å². The van der Waals surface area contributed by atoms with Crippen molar-refractivity contribution in [3.63, 3.8) is 0 Å². The molecule has 5 heteroatoms. The minimum atomic E-state index is -4.80. The zero-order valence-electron chi connectivity index (χ0n) is 42.5. The summed E-state index contributed by atoms with van der Waals surface area (Å²) in [6.45, 7) is 18.6. The predicted molar refractivity (Wildman–Crippen MR) is 285 cm³/mol. The van der Waals surface area contributed by atoms with Gasteiger partial charge in [-0.05, 0) is 225 Å². The molecule has 6 aromatic rings. The fourth-order valence-corrected chi connectivity index (χ4v) is 18.2. The van der Waals surface area contributed by atoms with E-state index >= 15 is 4.57 Å². The van der Waals surface area contributed by atoms with Gasteiger partial charge in [-0.15, -0.1) is 0 Å². The molecule has 1 aliphatic heterocycles. The molecule has 15 rings (SSSR count). The van der Waals surface area contributed by atoms with Gasteiger partial charge in [-0.1, -0.05) is 128 Å². The molecule has 0 radical (unpaired) electrons. The largest absolute Gasteiger partial charge is 0.584 e. The van der Waals surface area contributed by atoms with Crippen LogP contribution in [0.25, 0.3) is 54.9 Å². The maximum atomic E-state index is 15.2. The van der Waals surface area contributed by atoms with Crippen LogP contribution in [0.5, 0.6) is 11.5 Å². The molecule has 6 aromatic carbocycles. The van der Waals surface area contributed by atoms with Crippen LogP contribution >= 0.6 is 7.82 Å². The SMILES string of the molecule is CC(C)c1cc(C23CC4CC(CC(C4)C2)C3)cc(C(C)C)c1-c1cc2ccccc2c2c1OP(=O)(O)Oc1c(-c3c(C(C)C)cc(C45CC6CC(CC(C6)C4)C5)cc3C(C)C)cc3ccccc3c1-2. The van der Waals surface area contributed by atoms with Crippen LogP contribution in [0.2, 0.25) is 0 Å². The molecule has 8 saturated carbocycles. The van der Waals surface area contributed by atoms with Crippen LogP contribution in [-0.4, -0.2) is 4.89 Å². The van der Waals surface area contributed by atoms with Crippen molar-refractivity contribution in [1.29, 1.82) is 0 Å². The summed E-state index contributed by atoms with van der Waals surface area (Å²) in [5, 5.41) is 4.12. The summed E-state index contributed by atoms with van der Waals surface area (Å²) in [6.07, 6.45) is 16.3. The highest BCUT2D eigenvalue weighted by atomic mass is 31.2. The van der Waals surface area contributed by atoms with Crippen LogP contribution < -0.4 is 9.05 Å². The Morgan fingerprint density at radius 1 is 0.449 bits per heavy atom. The van der Waals surface area contributed by atoms with Crippen molar-refractivity contribution < 1.29 is 18.5 Å². The first-order valence-electron chi connectivity index (χ1n) is 27.3. The Bertz CT molecular complexity index is 2810. The Morgan fingerprint density at radius 3 is 1.03 bits per heavy atom. The van der Waals surface area contributed by atoms with Crippen LogP contribution in [0.1, 0.15) is 189 Å². The Labute approximate surface area is 411 Å². The Morgan fingerprint density at radius 2 is 0.739 bits per heavy atom. The van der Waals surface area contributed by atoms with Gasteiger partial charge in [0.05, 0.1) is 0 Å². The molecule has 358 valence electrons. The van der Waals surface area contributed by atoms with Gasteiger partial charge in [-0.2, -0.15) is 0 Å². The molecule has 1 N–H and O–H groups in total. The molecule has 8 fully saturated rings. The topological polar surface area (TPSA) is 55.8 Å². The third-order valence-electron chi connectivity index (χ3n) is 19.4. The van der Waals surface area contributed by atoms with Gasteiger partial charge in [-0.25, -0.2) is 4.57 Å². The molecule has 0 unspecified atom stereocenters. The summed E-state index contributed by atoms with van der Waals surface area (Å²) < 4.78 is 28.8. The highest BCUT2D eigenvalue weighted by molar-refractivity contribution is 7.48. The number of phosphoric acid groups is 1. The quantitative estimate of drug-likeness (QED) is 0.155. The summed E-state index contributed by atoms with van der Waals surface area (Å²) in [5.74, 6) is 6.79. The second-order valence-electron chi connectivity index (χ2n) is 25.4. The monoisotopic (exact) mass is 937 g/mol. The molecular formula is C64H73O4P. The molecule has 0 atom stereocenters. The number of hydrogen-bond donors (Lipinski definition) is 1. The minimum Gasteiger partial charge on any atom is -0.394 e. The first-order chi connectivity index (χ1) is 33.1. The molecule has 69 heavy (non-hydrogen) atoms. The van der Waals surface area contributed by atoms with Gasteiger partial charge in [0, 0.05) is 22.3 Å². The summed E-state index contributed by atoms with van der Waals surface area (Å²) in [5.41, 5.74) is 14.4. The van der Waals surface area contributed by atoms with Crippen molar-refractivity contribution in [2.24, 2.45) is 35.5 Å². The normalized spacial score (nSPS) is 30.7. The van der Waals surface area contributed by atoms with Gasteiger partial charge < -0.3 is 9.05 Å². The molecule has 8 bridgehead atoms. The maximum absolute atomic E-state index is 15.2.